The average Bonchev–Trinajstić information content (AvgIpc) is 3.60. The quantitative estimate of drug-likeness (QED) is 0.404. The predicted octanol–water partition coefficient (Wildman–Crippen LogP) is 4.26. The summed E-state index contributed by atoms with van der Waals surface area (Å²) in [7, 11) is 1.61. The number of rotatable bonds is 5. The van der Waals surface area contributed by atoms with Crippen LogP contribution in [0.4, 0.5) is 22.1 Å². The third-order valence-electron chi connectivity index (χ3n) is 10.1. The van der Waals surface area contributed by atoms with Crippen molar-refractivity contribution in [2.24, 2.45) is 5.41 Å². The van der Waals surface area contributed by atoms with Gasteiger partial charge >= 0.3 is 6.09 Å². The van der Waals surface area contributed by atoms with Crippen molar-refractivity contribution in [1.29, 1.82) is 0 Å². The average molecular weight is 662 g/mol. The zero-order valence-corrected chi connectivity index (χ0v) is 28.6. The number of pyridine rings is 1. The Morgan fingerprint density at radius 3 is 2.60 bits per heavy atom. The molecule has 3 aromatic rings. The SMILES string of the molecule is CNC(=O)c1ccc2c(n1)CCCN2c1nn(C2CCCCO2)c2nc(N3CCC4(CC3)CO[C@@H](C)[C@H]4NC(=O)OC(C)(C)C)cnc12. The number of piperidine rings is 1. The van der Waals surface area contributed by atoms with Gasteiger partial charge in [0, 0.05) is 38.7 Å². The Hall–Kier alpha value is -4.04. The van der Waals surface area contributed by atoms with E-state index in [4.69, 9.17) is 29.3 Å². The lowest BCUT2D eigenvalue weighted by atomic mass is 9.73. The number of carbonyl (C=O) groups is 2. The molecule has 3 saturated heterocycles. The summed E-state index contributed by atoms with van der Waals surface area (Å²) in [5.74, 6) is 1.31. The van der Waals surface area contributed by atoms with Gasteiger partial charge in [-0.3, -0.25) is 4.79 Å². The van der Waals surface area contributed by atoms with Crippen LogP contribution < -0.4 is 20.4 Å². The summed E-state index contributed by atoms with van der Waals surface area (Å²) in [6.45, 7) is 11.2. The number of nitrogens with one attached hydrogen (secondary N) is 2. The fourth-order valence-electron chi connectivity index (χ4n) is 7.58. The second-order valence-corrected chi connectivity index (χ2v) is 14.5. The van der Waals surface area contributed by atoms with Crippen molar-refractivity contribution in [3.8, 4) is 0 Å². The van der Waals surface area contributed by atoms with Crippen LogP contribution in [-0.4, -0.2) is 94.4 Å². The van der Waals surface area contributed by atoms with Gasteiger partial charge in [-0.05, 0) is 84.8 Å². The van der Waals surface area contributed by atoms with E-state index < -0.39 is 11.7 Å². The topological polar surface area (TPSA) is 149 Å². The number of amides is 2. The molecule has 14 heteroatoms. The number of anilines is 3. The summed E-state index contributed by atoms with van der Waals surface area (Å²) in [6, 6.07) is 3.58. The highest BCUT2D eigenvalue weighted by Crippen LogP contribution is 2.44. The van der Waals surface area contributed by atoms with Gasteiger partial charge in [-0.25, -0.2) is 24.4 Å². The van der Waals surface area contributed by atoms with Gasteiger partial charge < -0.3 is 34.6 Å². The number of aryl methyl sites for hydroxylation is 1. The van der Waals surface area contributed by atoms with Crippen LogP contribution in [-0.2, 0) is 20.6 Å². The molecule has 1 spiro atoms. The monoisotopic (exact) mass is 661 g/mol. The van der Waals surface area contributed by atoms with Gasteiger partial charge in [0.15, 0.2) is 23.2 Å². The number of carbonyl (C=O) groups excluding carboxylic acids is 2. The first kappa shape index (κ1) is 32.5. The van der Waals surface area contributed by atoms with Crippen LogP contribution >= 0.6 is 0 Å². The van der Waals surface area contributed by atoms with E-state index in [9.17, 15) is 9.59 Å². The van der Waals surface area contributed by atoms with Crippen LogP contribution in [0.25, 0.3) is 11.2 Å². The largest absolute Gasteiger partial charge is 0.444 e. The second kappa shape index (κ2) is 12.8. The highest BCUT2D eigenvalue weighted by molar-refractivity contribution is 5.93. The standard InChI is InChI=1S/C34H47N9O5/c1-21-28(39-32(45)48-33(2,3)4)34(20-47-21)13-16-41(17-14-34)25-19-36-27-29(38-25)43(26-10-6-7-18-46-26)40-30(27)42-15-8-9-22-24(42)12-11-23(37-22)31(44)35-5/h11-12,19,21,26,28H,6-10,13-18,20H2,1-5H3,(H,35,44)(H,39,45)/t21-,26?,28+/m0/s1. The Bertz CT molecular complexity index is 1670. The molecule has 3 fully saturated rings. The molecule has 2 N–H and O–H groups in total. The summed E-state index contributed by atoms with van der Waals surface area (Å²) in [4.78, 5) is 44.3. The molecular weight excluding hydrogens is 614 g/mol. The van der Waals surface area contributed by atoms with Crippen LogP contribution in [0.5, 0.6) is 0 Å². The smallest absolute Gasteiger partial charge is 0.407 e. The molecular formula is C34H47N9O5. The summed E-state index contributed by atoms with van der Waals surface area (Å²) < 4.78 is 19.8. The molecule has 7 rings (SSSR count). The third kappa shape index (κ3) is 6.15. The first-order valence-electron chi connectivity index (χ1n) is 17.3. The molecule has 1 unspecified atom stereocenters. The normalized spacial score (nSPS) is 24.1. The number of fused-ring (bicyclic) bond motifs is 2. The Balaban J connectivity index is 1.17. The molecule has 0 aliphatic carbocycles. The molecule has 0 aromatic carbocycles. The third-order valence-corrected chi connectivity index (χ3v) is 10.1. The molecule has 4 aliphatic heterocycles. The van der Waals surface area contributed by atoms with E-state index in [0.29, 0.717) is 30.1 Å². The molecule has 3 atom stereocenters. The lowest BCUT2D eigenvalue weighted by Gasteiger charge is -2.42. The molecule has 0 radical (unpaired) electrons. The number of ether oxygens (including phenoxy) is 3. The van der Waals surface area contributed by atoms with E-state index >= 15 is 0 Å². The zero-order valence-electron chi connectivity index (χ0n) is 28.6. The molecule has 2 amide bonds. The van der Waals surface area contributed by atoms with Crippen molar-refractivity contribution in [2.75, 3.05) is 49.7 Å². The van der Waals surface area contributed by atoms with Crippen molar-refractivity contribution in [3.63, 3.8) is 0 Å². The van der Waals surface area contributed by atoms with Crippen LogP contribution in [0.1, 0.15) is 88.6 Å². The minimum absolute atomic E-state index is 0.103. The van der Waals surface area contributed by atoms with E-state index in [1.807, 2.05) is 44.6 Å². The molecule has 0 saturated carbocycles. The highest BCUT2D eigenvalue weighted by atomic mass is 16.6. The van der Waals surface area contributed by atoms with Crippen LogP contribution in [0.15, 0.2) is 18.3 Å². The van der Waals surface area contributed by atoms with Gasteiger partial charge in [0.2, 0.25) is 0 Å². The number of hydrogen-bond acceptors (Lipinski definition) is 11. The van der Waals surface area contributed by atoms with E-state index in [0.717, 1.165) is 87.6 Å². The number of aromatic nitrogens is 5. The molecule has 14 nitrogen and oxygen atoms in total. The van der Waals surface area contributed by atoms with Crippen LogP contribution in [0.3, 0.4) is 0 Å². The predicted molar refractivity (Wildman–Crippen MR) is 180 cm³/mol. The summed E-state index contributed by atoms with van der Waals surface area (Å²) in [6.07, 6.45) is 7.38. The fraction of sp³-hybridized carbons (Fsp3) is 0.647. The molecule has 4 aliphatic rings. The molecule has 0 bridgehead atoms. The molecule has 48 heavy (non-hydrogen) atoms. The Morgan fingerprint density at radius 2 is 1.88 bits per heavy atom. The number of alkyl carbamates (subject to hydrolysis) is 1. The van der Waals surface area contributed by atoms with E-state index in [-0.39, 0.29) is 29.7 Å². The van der Waals surface area contributed by atoms with E-state index in [1.165, 1.54) is 0 Å². The molecule has 258 valence electrons. The molecule has 3 aromatic heterocycles. The summed E-state index contributed by atoms with van der Waals surface area (Å²) in [5, 5.41) is 10.9. The van der Waals surface area contributed by atoms with E-state index in [1.54, 1.807) is 13.1 Å². The molecule has 7 heterocycles. The maximum Gasteiger partial charge on any atom is 0.407 e. The van der Waals surface area contributed by atoms with Crippen molar-refractivity contribution in [1.82, 2.24) is 35.4 Å². The Kier molecular flexibility index (Phi) is 8.65. The lowest BCUT2D eigenvalue weighted by Crippen LogP contribution is -2.55. The Labute approximate surface area is 280 Å². The minimum atomic E-state index is -0.569. The van der Waals surface area contributed by atoms with Crippen molar-refractivity contribution >= 4 is 40.5 Å². The van der Waals surface area contributed by atoms with Gasteiger partial charge in [-0.2, -0.15) is 0 Å². The van der Waals surface area contributed by atoms with Crippen LogP contribution in [0, 0.1) is 5.41 Å². The van der Waals surface area contributed by atoms with Crippen molar-refractivity contribution in [2.45, 2.75) is 96.6 Å². The maximum absolute atomic E-state index is 12.7. The van der Waals surface area contributed by atoms with Gasteiger partial charge in [-0.15, -0.1) is 5.10 Å². The Morgan fingerprint density at radius 1 is 1.06 bits per heavy atom. The van der Waals surface area contributed by atoms with Gasteiger partial charge in [0.25, 0.3) is 5.91 Å². The number of nitrogens with zero attached hydrogens (tertiary/aromatic N) is 7. The summed E-state index contributed by atoms with van der Waals surface area (Å²) >= 11 is 0. The van der Waals surface area contributed by atoms with Gasteiger partial charge in [-0.1, -0.05) is 0 Å². The minimum Gasteiger partial charge on any atom is -0.444 e. The number of hydrogen-bond donors (Lipinski definition) is 2. The van der Waals surface area contributed by atoms with Crippen LogP contribution in [0.2, 0.25) is 0 Å². The first-order valence-corrected chi connectivity index (χ1v) is 17.3. The fourth-order valence-corrected chi connectivity index (χ4v) is 7.58. The lowest BCUT2D eigenvalue weighted by molar-refractivity contribution is -0.0368. The van der Waals surface area contributed by atoms with Crippen molar-refractivity contribution in [3.05, 3.63) is 29.7 Å². The first-order chi connectivity index (χ1) is 23.0. The highest BCUT2D eigenvalue weighted by Gasteiger charge is 2.50. The van der Waals surface area contributed by atoms with Gasteiger partial charge in [0.05, 0.1) is 36.3 Å². The second-order valence-electron chi connectivity index (χ2n) is 14.5. The zero-order chi connectivity index (χ0) is 33.6. The van der Waals surface area contributed by atoms with Crippen molar-refractivity contribution < 1.29 is 23.8 Å². The van der Waals surface area contributed by atoms with Gasteiger partial charge in [0.1, 0.15) is 17.1 Å². The summed E-state index contributed by atoms with van der Waals surface area (Å²) in [5.41, 5.74) is 2.86. The van der Waals surface area contributed by atoms with E-state index in [2.05, 4.69) is 25.4 Å². The maximum atomic E-state index is 12.7.